The number of amides is 1. The maximum atomic E-state index is 12.0. The Morgan fingerprint density at radius 1 is 1.20 bits per heavy atom. The van der Waals surface area contributed by atoms with Crippen molar-refractivity contribution in [3.63, 3.8) is 0 Å². The molecule has 1 saturated carbocycles. The lowest BCUT2D eigenvalue weighted by Crippen LogP contribution is -2.46. The minimum absolute atomic E-state index is 0.0633. The van der Waals surface area contributed by atoms with Gasteiger partial charge in [-0.25, -0.2) is 9.97 Å². The first-order valence-corrected chi connectivity index (χ1v) is 9.48. The van der Waals surface area contributed by atoms with Crippen LogP contribution in [0.5, 0.6) is 0 Å². The number of aromatic nitrogens is 2. The van der Waals surface area contributed by atoms with E-state index >= 15 is 0 Å². The summed E-state index contributed by atoms with van der Waals surface area (Å²) in [6.45, 7) is 3.11. The molecule has 6 heteroatoms. The quantitative estimate of drug-likeness (QED) is 0.801. The smallest absolute Gasteiger partial charge is 0.244 e. The lowest BCUT2D eigenvalue weighted by Gasteiger charge is -2.40. The average Bonchev–Trinajstić information content (AvgIpc) is 2.67. The highest BCUT2D eigenvalue weighted by molar-refractivity contribution is 5.91. The Hall–Kier alpha value is -1.95. The van der Waals surface area contributed by atoms with E-state index < -0.39 is 0 Å². The Morgan fingerprint density at radius 2 is 1.96 bits per heavy atom. The largest absolute Gasteiger partial charge is 0.368 e. The van der Waals surface area contributed by atoms with E-state index in [0.717, 1.165) is 24.7 Å². The molecule has 3 N–H and O–H groups in total. The van der Waals surface area contributed by atoms with Gasteiger partial charge in [0, 0.05) is 43.2 Å². The first-order valence-electron chi connectivity index (χ1n) is 9.48. The number of carbonyl (C=O) groups is 1. The fourth-order valence-electron chi connectivity index (χ4n) is 3.95. The maximum absolute atomic E-state index is 12.0. The van der Waals surface area contributed by atoms with Crippen LogP contribution in [-0.2, 0) is 4.79 Å². The van der Waals surface area contributed by atoms with E-state index in [1.54, 1.807) is 18.5 Å². The number of anilines is 1. The summed E-state index contributed by atoms with van der Waals surface area (Å²) in [5.41, 5.74) is 6.22. The van der Waals surface area contributed by atoms with Crippen LogP contribution < -0.4 is 11.1 Å². The van der Waals surface area contributed by atoms with Gasteiger partial charge >= 0.3 is 0 Å². The molecule has 1 atom stereocenters. The van der Waals surface area contributed by atoms with E-state index in [1.807, 2.05) is 0 Å². The van der Waals surface area contributed by atoms with Crippen LogP contribution in [0.15, 0.2) is 18.5 Å². The van der Waals surface area contributed by atoms with Gasteiger partial charge < -0.3 is 16.0 Å². The lowest BCUT2D eigenvalue weighted by molar-refractivity contribution is -0.116. The summed E-state index contributed by atoms with van der Waals surface area (Å²) in [5, 5.41) is 3.04. The van der Waals surface area contributed by atoms with Gasteiger partial charge in [0.25, 0.3) is 0 Å². The zero-order valence-electron chi connectivity index (χ0n) is 14.9. The third-order valence-corrected chi connectivity index (χ3v) is 5.33. The predicted octanol–water partition coefficient (Wildman–Crippen LogP) is 2.23. The fourth-order valence-corrected chi connectivity index (χ4v) is 3.95. The van der Waals surface area contributed by atoms with Crippen molar-refractivity contribution in [1.29, 1.82) is 0 Å². The zero-order chi connectivity index (χ0) is 17.5. The number of piperidine rings is 1. The normalized spacial score (nSPS) is 23.0. The molecule has 1 unspecified atom stereocenters. The fraction of sp³-hybridized carbons (Fsp3) is 0.632. The minimum Gasteiger partial charge on any atom is -0.368 e. The number of nitrogens with zero attached hydrogens (tertiary/aromatic N) is 3. The van der Waals surface area contributed by atoms with Crippen molar-refractivity contribution in [2.75, 3.05) is 25.4 Å². The highest BCUT2D eigenvalue weighted by atomic mass is 16.1. The van der Waals surface area contributed by atoms with Crippen molar-refractivity contribution in [3.05, 3.63) is 24.0 Å². The lowest BCUT2D eigenvalue weighted by atomic mass is 9.90. The Labute approximate surface area is 149 Å². The molecule has 0 spiro atoms. The third-order valence-electron chi connectivity index (χ3n) is 5.33. The van der Waals surface area contributed by atoms with Gasteiger partial charge in [-0.3, -0.25) is 4.79 Å². The summed E-state index contributed by atoms with van der Waals surface area (Å²) < 4.78 is 0. The molecule has 0 bridgehead atoms. The Kier molecular flexibility index (Phi) is 6.39. The number of nitrogens with one attached hydrogen (secondary N) is 1. The van der Waals surface area contributed by atoms with E-state index in [0.29, 0.717) is 5.92 Å². The van der Waals surface area contributed by atoms with Crippen LogP contribution in [0.3, 0.4) is 0 Å². The van der Waals surface area contributed by atoms with Crippen LogP contribution in [0.2, 0.25) is 0 Å². The van der Waals surface area contributed by atoms with Crippen molar-refractivity contribution in [2.45, 2.75) is 51.0 Å². The molecule has 1 aromatic rings. The molecule has 1 aliphatic carbocycles. The molecule has 2 aliphatic rings. The van der Waals surface area contributed by atoms with Gasteiger partial charge in [0.2, 0.25) is 11.9 Å². The highest BCUT2D eigenvalue weighted by Gasteiger charge is 2.26. The number of hydrogen-bond donors (Lipinski definition) is 2. The van der Waals surface area contributed by atoms with E-state index in [2.05, 4.69) is 20.2 Å². The zero-order valence-corrected chi connectivity index (χ0v) is 14.9. The van der Waals surface area contributed by atoms with E-state index in [4.69, 9.17) is 5.73 Å². The number of hydrogen-bond acceptors (Lipinski definition) is 5. The molecule has 1 aliphatic heterocycles. The van der Waals surface area contributed by atoms with Crippen molar-refractivity contribution in [2.24, 2.45) is 5.92 Å². The third kappa shape index (κ3) is 5.53. The molecular weight excluding hydrogens is 314 g/mol. The number of carbonyl (C=O) groups excluding carboxylic acids is 1. The second-order valence-electron chi connectivity index (χ2n) is 7.25. The van der Waals surface area contributed by atoms with Crippen molar-refractivity contribution < 1.29 is 4.79 Å². The maximum Gasteiger partial charge on any atom is 0.244 e. The average molecular weight is 343 g/mol. The van der Waals surface area contributed by atoms with Crippen LogP contribution in [0, 0.1) is 5.92 Å². The second kappa shape index (κ2) is 8.94. The summed E-state index contributed by atoms with van der Waals surface area (Å²) in [6.07, 6.45) is 15.8. The molecule has 1 amide bonds. The number of likely N-dealkylation sites (tertiary alicyclic amines) is 1. The van der Waals surface area contributed by atoms with Gasteiger partial charge in [0.05, 0.1) is 0 Å². The first kappa shape index (κ1) is 17.9. The summed E-state index contributed by atoms with van der Waals surface area (Å²) in [6, 6.07) is 0.776. The topological polar surface area (TPSA) is 84.1 Å². The van der Waals surface area contributed by atoms with Crippen LogP contribution in [0.4, 0.5) is 5.95 Å². The summed E-state index contributed by atoms with van der Waals surface area (Å²) in [5.74, 6) is 0.737. The van der Waals surface area contributed by atoms with Crippen molar-refractivity contribution >= 4 is 17.9 Å². The molecular formula is C19H29N5O. The molecule has 0 aromatic carbocycles. The van der Waals surface area contributed by atoms with Gasteiger partial charge in [-0.1, -0.05) is 19.3 Å². The molecule has 136 valence electrons. The van der Waals surface area contributed by atoms with Crippen LogP contribution in [0.25, 0.3) is 6.08 Å². The van der Waals surface area contributed by atoms with Gasteiger partial charge in [0.1, 0.15) is 0 Å². The minimum atomic E-state index is -0.0633. The Morgan fingerprint density at radius 3 is 2.72 bits per heavy atom. The first-order chi connectivity index (χ1) is 12.2. The molecule has 6 nitrogen and oxygen atoms in total. The second-order valence-corrected chi connectivity index (χ2v) is 7.25. The molecule has 0 radical (unpaired) electrons. The molecule has 2 fully saturated rings. The number of nitrogens with two attached hydrogens (primary N) is 1. The number of nitrogen functional groups attached to an aromatic ring is 1. The molecule has 2 heterocycles. The van der Waals surface area contributed by atoms with Gasteiger partial charge in [-0.2, -0.15) is 0 Å². The summed E-state index contributed by atoms with van der Waals surface area (Å²) in [7, 11) is 0. The predicted molar refractivity (Wildman–Crippen MR) is 99.7 cm³/mol. The van der Waals surface area contributed by atoms with E-state index in [-0.39, 0.29) is 11.9 Å². The van der Waals surface area contributed by atoms with E-state index in [1.165, 1.54) is 57.6 Å². The Balaban J connectivity index is 1.42. The van der Waals surface area contributed by atoms with Crippen molar-refractivity contribution in [1.82, 2.24) is 20.2 Å². The standard InChI is InChI=1S/C19H29N5O/c20-19-22-11-15(12-23-19)8-9-18(25)21-13-16-5-4-10-24(14-16)17-6-2-1-3-7-17/h8-9,11-12,16-17H,1-7,10,13-14H2,(H,21,25)(H2,20,22,23). The SMILES string of the molecule is Nc1ncc(C=CC(=O)NCC2CCCN(C3CCCCC3)C2)cn1. The van der Waals surface area contributed by atoms with Crippen LogP contribution in [0.1, 0.15) is 50.5 Å². The molecule has 25 heavy (non-hydrogen) atoms. The Bertz CT molecular complexity index is 580. The molecule has 1 saturated heterocycles. The van der Waals surface area contributed by atoms with Crippen molar-refractivity contribution in [3.8, 4) is 0 Å². The van der Waals surface area contributed by atoms with Crippen LogP contribution >= 0.6 is 0 Å². The van der Waals surface area contributed by atoms with Gasteiger partial charge in [0.15, 0.2) is 0 Å². The molecule has 3 rings (SSSR count). The monoisotopic (exact) mass is 343 g/mol. The summed E-state index contributed by atoms with van der Waals surface area (Å²) >= 11 is 0. The van der Waals surface area contributed by atoms with E-state index in [9.17, 15) is 4.79 Å². The van der Waals surface area contributed by atoms with Gasteiger partial charge in [-0.15, -0.1) is 0 Å². The number of rotatable bonds is 5. The van der Waals surface area contributed by atoms with Crippen LogP contribution in [-0.4, -0.2) is 46.5 Å². The summed E-state index contributed by atoms with van der Waals surface area (Å²) in [4.78, 5) is 22.5. The highest BCUT2D eigenvalue weighted by Crippen LogP contribution is 2.26. The molecule has 1 aromatic heterocycles. The van der Waals surface area contributed by atoms with Gasteiger partial charge in [-0.05, 0) is 44.2 Å².